The molecular weight excluding hydrogens is 573 g/mol. The molecule has 3 aliphatic rings. The van der Waals surface area contributed by atoms with E-state index in [1.165, 1.54) is 72.8 Å². The predicted molar refractivity (Wildman–Crippen MR) is 165 cm³/mol. The minimum atomic E-state index is -0.123. The van der Waals surface area contributed by atoms with E-state index in [1.807, 2.05) is 0 Å². The second-order valence-electron chi connectivity index (χ2n) is 12.7. The summed E-state index contributed by atoms with van der Waals surface area (Å²) in [6.45, 7) is 19.0. The molecule has 4 aromatic carbocycles. The van der Waals surface area contributed by atoms with Crippen LogP contribution in [0.1, 0.15) is 62.4 Å². The van der Waals surface area contributed by atoms with Gasteiger partial charge in [0.15, 0.2) is 0 Å². The molecule has 4 aromatic rings. The van der Waals surface area contributed by atoms with E-state index in [2.05, 4.69) is 144 Å². The molecule has 0 amide bonds. The first-order valence-corrected chi connectivity index (χ1v) is 14.2. The molecule has 1 radical (unpaired) electrons. The number of anilines is 2. The topological polar surface area (TPSA) is 6.48 Å². The van der Waals surface area contributed by atoms with Gasteiger partial charge in [0, 0.05) is 22.2 Å². The average molecular weight is 611 g/mol. The van der Waals surface area contributed by atoms with Crippen molar-refractivity contribution in [2.45, 2.75) is 67.0 Å². The molecule has 40 heavy (non-hydrogen) atoms. The molecule has 0 N–H and O–H groups in total. The van der Waals surface area contributed by atoms with Crippen LogP contribution in [0.5, 0.6) is 0 Å². The molecule has 0 unspecified atom stereocenters. The summed E-state index contributed by atoms with van der Waals surface area (Å²) in [4.78, 5) is 5.34. The summed E-state index contributed by atoms with van der Waals surface area (Å²) in [6.07, 6.45) is 0.114. The molecule has 0 aliphatic carbocycles. The van der Waals surface area contributed by atoms with E-state index in [0.717, 1.165) is 0 Å². The zero-order valence-corrected chi connectivity index (χ0v) is 26.5. The van der Waals surface area contributed by atoms with Crippen LogP contribution >= 0.6 is 0 Å². The zero-order valence-electron chi connectivity index (χ0n) is 24.8. The minimum Gasteiger partial charge on any atom is -0.326 e. The SMILES string of the molecule is Cc1ccc2c(c1C)N1C(=C3N(c4c(C)cccc4C(C)(C)C3(C)C)[C@H]1C)c1ccccc1-c1ccc[c-]c1-2.[Ru+]. The zero-order chi connectivity index (χ0) is 27.4. The Morgan fingerprint density at radius 1 is 0.650 bits per heavy atom. The van der Waals surface area contributed by atoms with E-state index in [-0.39, 0.29) is 36.5 Å². The van der Waals surface area contributed by atoms with Crippen LogP contribution < -0.4 is 9.80 Å². The summed E-state index contributed by atoms with van der Waals surface area (Å²) in [7, 11) is 0. The van der Waals surface area contributed by atoms with E-state index in [4.69, 9.17) is 0 Å². The minimum absolute atomic E-state index is 0. The van der Waals surface area contributed by atoms with Gasteiger partial charge in [-0.2, -0.15) is 0 Å². The fourth-order valence-corrected chi connectivity index (χ4v) is 7.41. The van der Waals surface area contributed by atoms with Gasteiger partial charge in [0.25, 0.3) is 0 Å². The van der Waals surface area contributed by atoms with Gasteiger partial charge in [-0.25, -0.2) is 0 Å². The number of hydrogen-bond acceptors (Lipinski definition) is 2. The molecule has 1 atom stereocenters. The van der Waals surface area contributed by atoms with Crippen molar-refractivity contribution in [2.75, 3.05) is 9.80 Å². The smallest absolute Gasteiger partial charge is 0.326 e. The first-order chi connectivity index (χ1) is 18.6. The quantitative estimate of drug-likeness (QED) is 0.145. The third-order valence-electron chi connectivity index (χ3n) is 10.3. The Morgan fingerprint density at radius 2 is 1.35 bits per heavy atom. The molecule has 3 heteroatoms. The van der Waals surface area contributed by atoms with E-state index < -0.39 is 0 Å². The van der Waals surface area contributed by atoms with E-state index in [1.54, 1.807) is 0 Å². The summed E-state index contributed by atoms with van der Waals surface area (Å²) in [6, 6.07) is 30.6. The number of benzene rings is 4. The van der Waals surface area contributed by atoms with Crippen LogP contribution in [-0.2, 0) is 24.9 Å². The molecule has 0 fully saturated rings. The van der Waals surface area contributed by atoms with E-state index in [9.17, 15) is 0 Å². The van der Waals surface area contributed by atoms with Gasteiger partial charge in [0.2, 0.25) is 0 Å². The van der Waals surface area contributed by atoms with Crippen LogP contribution in [0.4, 0.5) is 11.4 Å². The number of rotatable bonds is 0. The van der Waals surface area contributed by atoms with Crippen LogP contribution in [-0.4, -0.2) is 6.17 Å². The standard InChI is InChI=1S/C37H37N2.Ru/c1-22-20-21-30-28-17-10-9-15-26(28)27-16-11-12-18-29(27)34-35-37(7,8)36(5,6)31-19-13-14-23(2)32(31)39(35)25(4)38(34)33(30)24(22)3;/h9-16,18-21,25H,1-8H3;/q-1;+1/t25-;/m0./s1. The Bertz CT molecular complexity index is 1720. The third-order valence-corrected chi connectivity index (χ3v) is 10.3. The molecule has 0 saturated carbocycles. The largest absolute Gasteiger partial charge is 1.00 e. The normalized spacial score (nSPS) is 19.2. The monoisotopic (exact) mass is 611 g/mol. The molecule has 0 bridgehead atoms. The maximum absolute atomic E-state index is 3.66. The number of para-hydroxylation sites is 1. The molecule has 2 nitrogen and oxygen atoms in total. The molecule has 3 heterocycles. The van der Waals surface area contributed by atoms with Gasteiger partial charge in [0.05, 0.1) is 11.4 Å². The second kappa shape index (κ2) is 8.92. The van der Waals surface area contributed by atoms with Crippen molar-refractivity contribution in [1.29, 1.82) is 0 Å². The van der Waals surface area contributed by atoms with Crippen molar-refractivity contribution in [2.24, 2.45) is 5.41 Å². The van der Waals surface area contributed by atoms with Crippen LogP contribution in [0.25, 0.3) is 28.0 Å². The van der Waals surface area contributed by atoms with Crippen LogP contribution in [0, 0.1) is 32.3 Å². The van der Waals surface area contributed by atoms with Crippen molar-refractivity contribution < 1.29 is 19.5 Å². The molecular formula is C37H37N2Ru. The molecule has 0 saturated heterocycles. The summed E-state index contributed by atoms with van der Waals surface area (Å²) < 4.78 is 0. The van der Waals surface area contributed by atoms with Crippen molar-refractivity contribution >= 4 is 17.1 Å². The maximum Gasteiger partial charge on any atom is 1.00 e. The third kappa shape index (κ3) is 3.25. The Hall–Kier alpha value is -3.16. The van der Waals surface area contributed by atoms with Gasteiger partial charge in [0.1, 0.15) is 6.17 Å². The van der Waals surface area contributed by atoms with Gasteiger partial charge in [-0.3, -0.25) is 0 Å². The van der Waals surface area contributed by atoms with Crippen molar-refractivity contribution in [3.63, 3.8) is 0 Å². The second-order valence-corrected chi connectivity index (χ2v) is 12.7. The predicted octanol–water partition coefficient (Wildman–Crippen LogP) is 9.42. The summed E-state index contributed by atoms with van der Waals surface area (Å²) >= 11 is 0. The van der Waals surface area contributed by atoms with Gasteiger partial charge in [-0.05, 0) is 55.5 Å². The number of allylic oxidation sites excluding steroid dienone is 1. The number of hydrogen-bond donors (Lipinski definition) is 0. The first kappa shape index (κ1) is 27.0. The fourth-order valence-electron chi connectivity index (χ4n) is 7.41. The van der Waals surface area contributed by atoms with Crippen molar-refractivity contribution in [3.05, 3.63) is 112 Å². The molecule has 203 valence electrons. The van der Waals surface area contributed by atoms with Crippen LogP contribution in [0.15, 0.2) is 78.5 Å². The number of aryl methyl sites for hydroxylation is 2. The van der Waals surface area contributed by atoms with Crippen molar-refractivity contribution in [3.8, 4) is 22.3 Å². The molecule has 0 spiro atoms. The van der Waals surface area contributed by atoms with Gasteiger partial charge >= 0.3 is 19.5 Å². The molecule has 0 aromatic heterocycles. The molecule has 7 rings (SSSR count). The summed E-state index contributed by atoms with van der Waals surface area (Å²) in [5.74, 6) is 0. The number of fused-ring (bicyclic) bond motifs is 11. The average Bonchev–Trinajstić information content (AvgIpc) is 3.21. The fraction of sp³-hybridized carbons (Fsp3) is 0.297. The first-order valence-electron chi connectivity index (χ1n) is 14.2. The summed E-state index contributed by atoms with van der Waals surface area (Å²) in [5.41, 5.74) is 17.0. The van der Waals surface area contributed by atoms with Gasteiger partial charge in [-0.15, -0.1) is 35.4 Å². The van der Waals surface area contributed by atoms with Crippen molar-refractivity contribution in [1.82, 2.24) is 0 Å². The Labute approximate surface area is 252 Å². The van der Waals surface area contributed by atoms with E-state index >= 15 is 0 Å². The van der Waals surface area contributed by atoms with E-state index in [0.29, 0.717) is 0 Å². The number of nitrogens with zero attached hydrogens (tertiary/aromatic N) is 2. The summed E-state index contributed by atoms with van der Waals surface area (Å²) in [5, 5.41) is 0. The molecule has 3 aliphatic heterocycles. The maximum atomic E-state index is 3.66. The Morgan fingerprint density at radius 3 is 2.10 bits per heavy atom. The van der Waals surface area contributed by atoms with Crippen LogP contribution in [0.2, 0.25) is 0 Å². The Balaban J connectivity index is 0.00000289. The van der Waals surface area contributed by atoms with Crippen LogP contribution in [0.3, 0.4) is 0 Å². The van der Waals surface area contributed by atoms with Gasteiger partial charge < -0.3 is 9.80 Å². The van der Waals surface area contributed by atoms with Gasteiger partial charge in [-0.1, -0.05) is 93.4 Å². The Kier molecular flexibility index (Phi) is 6.03.